The van der Waals surface area contributed by atoms with Gasteiger partial charge in [0.15, 0.2) is 23.0 Å². The number of methoxy groups -OCH3 is 3. The molecule has 37 heavy (non-hydrogen) atoms. The Morgan fingerprint density at radius 3 is 2.35 bits per heavy atom. The van der Waals surface area contributed by atoms with Crippen LogP contribution in [0.15, 0.2) is 65.6 Å². The molecule has 0 unspecified atom stereocenters. The number of benzene rings is 3. The van der Waals surface area contributed by atoms with Crippen LogP contribution in [0.3, 0.4) is 0 Å². The number of carbonyl (C=O) groups is 1. The number of rotatable bonds is 10. The van der Waals surface area contributed by atoms with Crippen LogP contribution in [0.2, 0.25) is 5.02 Å². The zero-order chi connectivity index (χ0) is 26.4. The molecule has 0 aromatic heterocycles. The molecule has 3 aromatic rings. The van der Waals surface area contributed by atoms with Crippen LogP contribution in [-0.4, -0.2) is 43.0 Å². The zero-order valence-electron chi connectivity index (χ0n) is 20.7. The van der Waals surface area contributed by atoms with Gasteiger partial charge in [0.05, 0.1) is 26.2 Å². The molecule has 0 N–H and O–H groups in total. The molecule has 9 heteroatoms. The summed E-state index contributed by atoms with van der Waals surface area (Å²) in [6.07, 6.45) is 2.45. The zero-order valence-corrected chi connectivity index (χ0v) is 23.0. The van der Waals surface area contributed by atoms with Crippen LogP contribution < -0.4 is 18.9 Å². The first-order valence-electron chi connectivity index (χ1n) is 11.4. The molecule has 1 amide bonds. The summed E-state index contributed by atoms with van der Waals surface area (Å²) in [6, 6.07) is 18.8. The van der Waals surface area contributed by atoms with E-state index in [-0.39, 0.29) is 5.91 Å². The second kappa shape index (κ2) is 12.4. The maximum atomic E-state index is 13.1. The fraction of sp³-hybridized carbons (Fsp3) is 0.214. The van der Waals surface area contributed by atoms with E-state index in [1.165, 1.54) is 11.8 Å². The van der Waals surface area contributed by atoms with Crippen molar-refractivity contribution in [1.82, 2.24) is 4.90 Å². The number of ether oxygens (including phenoxy) is 4. The van der Waals surface area contributed by atoms with Gasteiger partial charge in [-0.25, -0.2) is 0 Å². The first-order chi connectivity index (χ1) is 17.9. The Morgan fingerprint density at radius 2 is 1.62 bits per heavy atom. The van der Waals surface area contributed by atoms with Crippen LogP contribution in [0, 0.1) is 0 Å². The molecule has 0 spiro atoms. The van der Waals surface area contributed by atoms with Crippen molar-refractivity contribution < 1.29 is 23.7 Å². The summed E-state index contributed by atoms with van der Waals surface area (Å²) in [7, 11) is 4.77. The van der Waals surface area contributed by atoms with Crippen LogP contribution in [0.1, 0.15) is 16.7 Å². The van der Waals surface area contributed by atoms with Crippen LogP contribution in [0.5, 0.6) is 23.0 Å². The summed E-state index contributed by atoms with van der Waals surface area (Å²) >= 11 is 13.0. The summed E-state index contributed by atoms with van der Waals surface area (Å²) in [5, 5.41) is 0.645. The Hall–Kier alpha value is -3.20. The predicted molar refractivity (Wildman–Crippen MR) is 152 cm³/mol. The molecule has 1 fully saturated rings. The van der Waals surface area contributed by atoms with E-state index in [0.717, 1.165) is 16.7 Å². The summed E-state index contributed by atoms with van der Waals surface area (Å²) in [4.78, 5) is 15.3. The Kier molecular flexibility index (Phi) is 8.97. The van der Waals surface area contributed by atoms with Crippen molar-refractivity contribution in [2.24, 2.45) is 0 Å². The van der Waals surface area contributed by atoms with E-state index in [0.29, 0.717) is 56.8 Å². The van der Waals surface area contributed by atoms with Gasteiger partial charge in [0.2, 0.25) is 0 Å². The standard InChI is InChI=1S/C28H26ClNO5S2/c1-32-22-10-8-18(14-24(22)33-2)12-13-30-27(31)26(37-28(30)36)16-19-9-11-23(25(15-19)34-3)35-17-20-6-4-5-7-21(20)29/h4-11,14-16H,12-13,17H2,1-3H3/b26-16-. The van der Waals surface area contributed by atoms with Gasteiger partial charge in [0.1, 0.15) is 10.9 Å². The highest BCUT2D eigenvalue weighted by Gasteiger charge is 2.31. The minimum absolute atomic E-state index is 0.117. The molecule has 6 nitrogen and oxygen atoms in total. The van der Waals surface area contributed by atoms with Gasteiger partial charge in [0.25, 0.3) is 5.91 Å². The molecule has 4 rings (SSSR count). The number of halogens is 1. The SMILES string of the molecule is COc1ccc(CCN2C(=O)/C(=C/c3ccc(OCc4ccccc4Cl)c(OC)c3)SC2=S)cc1OC. The quantitative estimate of drug-likeness (QED) is 0.212. The molecule has 0 bridgehead atoms. The minimum Gasteiger partial charge on any atom is -0.493 e. The van der Waals surface area contributed by atoms with Crippen molar-refractivity contribution in [3.8, 4) is 23.0 Å². The van der Waals surface area contributed by atoms with E-state index in [9.17, 15) is 4.79 Å². The lowest BCUT2D eigenvalue weighted by Crippen LogP contribution is -2.30. The lowest BCUT2D eigenvalue weighted by molar-refractivity contribution is -0.122. The second-order valence-electron chi connectivity index (χ2n) is 8.06. The molecule has 1 aliphatic heterocycles. The Bertz CT molecular complexity index is 1340. The summed E-state index contributed by atoms with van der Waals surface area (Å²) in [6.45, 7) is 0.781. The fourth-order valence-electron chi connectivity index (χ4n) is 3.79. The third-order valence-corrected chi connectivity index (χ3v) is 7.52. The molecule has 0 radical (unpaired) electrons. The van der Waals surface area contributed by atoms with Crippen molar-refractivity contribution in [3.63, 3.8) is 0 Å². The molecule has 1 heterocycles. The van der Waals surface area contributed by atoms with Gasteiger partial charge < -0.3 is 18.9 Å². The molecule has 0 aliphatic carbocycles. The first-order valence-corrected chi connectivity index (χ1v) is 13.0. The van der Waals surface area contributed by atoms with E-state index in [1.54, 1.807) is 26.2 Å². The van der Waals surface area contributed by atoms with Gasteiger partial charge >= 0.3 is 0 Å². The molecular formula is C28H26ClNO5S2. The third-order valence-electron chi connectivity index (χ3n) is 5.77. The fourth-order valence-corrected chi connectivity index (χ4v) is 5.28. The Labute approximate surface area is 231 Å². The van der Waals surface area contributed by atoms with E-state index in [4.69, 9.17) is 42.8 Å². The van der Waals surface area contributed by atoms with Crippen LogP contribution in [0.4, 0.5) is 0 Å². The van der Waals surface area contributed by atoms with Gasteiger partial charge in [-0.1, -0.05) is 65.9 Å². The number of hydrogen-bond acceptors (Lipinski definition) is 7. The smallest absolute Gasteiger partial charge is 0.266 e. The predicted octanol–water partition coefficient (Wildman–Crippen LogP) is 6.39. The monoisotopic (exact) mass is 555 g/mol. The van der Waals surface area contributed by atoms with E-state index in [2.05, 4.69) is 0 Å². The van der Waals surface area contributed by atoms with E-state index in [1.807, 2.05) is 66.7 Å². The average Bonchev–Trinajstić information content (AvgIpc) is 3.18. The molecular weight excluding hydrogens is 530 g/mol. The van der Waals surface area contributed by atoms with Crippen molar-refractivity contribution in [1.29, 1.82) is 0 Å². The van der Waals surface area contributed by atoms with Crippen molar-refractivity contribution in [2.45, 2.75) is 13.0 Å². The highest BCUT2D eigenvalue weighted by Crippen LogP contribution is 2.35. The van der Waals surface area contributed by atoms with Crippen molar-refractivity contribution in [3.05, 3.63) is 87.3 Å². The number of thioether (sulfide) groups is 1. The van der Waals surface area contributed by atoms with E-state index < -0.39 is 0 Å². The van der Waals surface area contributed by atoms with Crippen molar-refractivity contribution in [2.75, 3.05) is 27.9 Å². The van der Waals surface area contributed by atoms with Gasteiger partial charge in [-0.15, -0.1) is 0 Å². The molecule has 1 aliphatic rings. The Morgan fingerprint density at radius 1 is 0.919 bits per heavy atom. The third kappa shape index (κ3) is 6.39. The molecule has 0 saturated carbocycles. The topological polar surface area (TPSA) is 57.2 Å². The second-order valence-corrected chi connectivity index (χ2v) is 10.1. The minimum atomic E-state index is -0.117. The first kappa shape index (κ1) is 26.9. The van der Waals surface area contributed by atoms with Crippen LogP contribution >= 0.6 is 35.6 Å². The maximum Gasteiger partial charge on any atom is 0.266 e. The summed E-state index contributed by atoms with van der Waals surface area (Å²) in [5.74, 6) is 2.34. The number of carbonyl (C=O) groups excluding carboxylic acids is 1. The van der Waals surface area contributed by atoms with Crippen molar-refractivity contribution >= 4 is 51.9 Å². The Balaban J connectivity index is 1.43. The summed E-state index contributed by atoms with van der Waals surface area (Å²) < 4.78 is 22.7. The molecule has 1 saturated heterocycles. The molecule has 192 valence electrons. The number of nitrogens with zero attached hydrogens (tertiary/aromatic N) is 1. The molecule has 0 atom stereocenters. The highest BCUT2D eigenvalue weighted by atomic mass is 35.5. The van der Waals surface area contributed by atoms with Gasteiger partial charge in [-0.2, -0.15) is 0 Å². The largest absolute Gasteiger partial charge is 0.493 e. The number of amides is 1. The number of hydrogen-bond donors (Lipinski definition) is 0. The molecule has 3 aromatic carbocycles. The maximum absolute atomic E-state index is 13.1. The lowest BCUT2D eigenvalue weighted by atomic mass is 10.1. The normalized spacial score (nSPS) is 14.3. The van der Waals surface area contributed by atoms with E-state index >= 15 is 0 Å². The highest BCUT2D eigenvalue weighted by molar-refractivity contribution is 8.26. The lowest BCUT2D eigenvalue weighted by Gasteiger charge is -2.15. The summed E-state index contributed by atoms with van der Waals surface area (Å²) in [5.41, 5.74) is 2.71. The average molecular weight is 556 g/mol. The van der Waals surface area contributed by atoms with Gasteiger partial charge in [-0.3, -0.25) is 9.69 Å². The van der Waals surface area contributed by atoms with Gasteiger partial charge in [-0.05, 0) is 54.0 Å². The van der Waals surface area contributed by atoms with Crippen LogP contribution in [-0.2, 0) is 17.8 Å². The van der Waals surface area contributed by atoms with Crippen LogP contribution in [0.25, 0.3) is 6.08 Å². The van der Waals surface area contributed by atoms with Gasteiger partial charge in [0, 0.05) is 17.1 Å². The number of thiocarbonyl (C=S) groups is 1.